The molecular weight excluding hydrogens is 354 g/mol. The van der Waals surface area contributed by atoms with Gasteiger partial charge >= 0.3 is 0 Å². The SMILES string of the molecule is Cc1ccc(OCCN(C)c2nc3c(cnn3-c3ccccc3)c(=O)[nH]2)cc1. The van der Waals surface area contributed by atoms with Gasteiger partial charge in [0.25, 0.3) is 5.56 Å². The molecule has 2 aromatic carbocycles. The lowest BCUT2D eigenvalue weighted by atomic mass is 10.2. The van der Waals surface area contributed by atoms with E-state index in [0.29, 0.717) is 30.1 Å². The molecule has 0 bridgehead atoms. The summed E-state index contributed by atoms with van der Waals surface area (Å²) in [6, 6.07) is 17.5. The third-order valence-electron chi connectivity index (χ3n) is 4.50. The molecule has 2 heterocycles. The number of H-pyrrole nitrogens is 1. The summed E-state index contributed by atoms with van der Waals surface area (Å²) in [6.07, 6.45) is 1.54. The fourth-order valence-corrected chi connectivity index (χ4v) is 2.89. The lowest BCUT2D eigenvalue weighted by molar-refractivity contribution is 0.325. The van der Waals surface area contributed by atoms with Crippen LogP contribution in [-0.4, -0.2) is 39.9 Å². The first-order chi connectivity index (χ1) is 13.6. The molecule has 0 fully saturated rings. The maximum Gasteiger partial charge on any atom is 0.263 e. The smallest absolute Gasteiger partial charge is 0.263 e. The van der Waals surface area contributed by atoms with Gasteiger partial charge < -0.3 is 9.64 Å². The predicted octanol–water partition coefficient (Wildman–Crippen LogP) is 2.93. The number of rotatable bonds is 6. The van der Waals surface area contributed by atoms with Crippen molar-refractivity contribution in [1.29, 1.82) is 0 Å². The van der Waals surface area contributed by atoms with E-state index in [1.54, 1.807) is 10.9 Å². The van der Waals surface area contributed by atoms with Gasteiger partial charge in [-0.2, -0.15) is 10.1 Å². The van der Waals surface area contributed by atoms with Crippen molar-refractivity contribution in [3.8, 4) is 11.4 Å². The number of hydrogen-bond donors (Lipinski definition) is 1. The molecule has 0 aliphatic carbocycles. The number of anilines is 1. The van der Waals surface area contributed by atoms with Crippen molar-refractivity contribution < 1.29 is 4.74 Å². The first-order valence-electron chi connectivity index (χ1n) is 9.06. The van der Waals surface area contributed by atoms with Crippen LogP contribution in [-0.2, 0) is 0 Å². The minimum atomic E-state index is -0.214. The van der Waals surface area contributed by atoms with Gasteiger partial charge in [-0.25, -0.2) is 4.68 Å². The maximum atomic E-state index is 12.5. The van der Waals surface area contributed by atoms with E-state index >= 15 is 0 Å². The molecule has 0 saturated heterocycles. The lowest BCUT2D eigenvalue weighted by Crippen LogP contribution is -2.27. The number of fused-ring (bicyclic) bond motifs is 1. The minimum absolute atomic E-state index is 0.214. The number of aromatic amines is 1. The number of likely N-dealkylation sites (N-methyl/N-ethyl adjacent to an activating group) is 1. The highest BCUT2D eigenvalue weighted by Gasteiger charge is 2.13. The zero-order chi connectivity index (χ0) is 19.5. The summed E-state index contributed by atoms with van der Waals surface area (Å²) in [7, 11) is 1.87. The largest absolute Gasteiger partial charge is 0.492 e. The summed E-state index contributed by atoms with van der Waals surface area (Å²) in [4.78, 5) is 21.8. The second-order valence-corrected chi connectivity index (χ2v) is 6.60. The van der Waals surface area contributed by atoms with Gasteiger partial charge in [0.15, 0.2) is 5.65 Å². The van der Waals surface area contributed by atoms with Gasteiger partial charge in [-0.15, -0.1) is 0 Å². The van der Waals surface area contributed by atoms with E-state index in [0.717, 1.165) is 11.4 Å². The first-order valence-corrected chi connectivity index (χ1v) is 9.06. The highest BCUT2D eigenvalue weighted by Crippen LogP contribution is 2.16. The molecule has 0 unspecified atom stereocenters. The average molecular weight is 375 g/mol. The van der Waals surface area contributed by atoms with E-state index in [1.807, 2.05) is 73.5 Å². The molecule has 4 rings (SSSR count). The van der Waals surface area contributed by atoms with Gasteiger partial charge in [0.2, 0.25) is 5.95 Å². The Kier molecular flexibility index (Phi) is 4.80. The molecule has 28 heavy (non-hydrogen) atoms. The molecule has 0 aliphatic rings. The van der Waals surface area contributed by atoms with Crippen LogP contribution in [0.5, 0.6) is 5.75 Å². The summed E-state index contributed by atoms with van der Waals surface area (Å²) >= 11 is 0. The van der Waals surface area contributed by atoms with Crippen molar-refractivity contribution in [2.75, 3.05) is 25.1 Å². The molecule has 0 amide bonds. The van der Waals surface area contributed by atoms with E-state index in [1.165, 1.54) is 5.56 Å². The summed E-state index contributed by atoms with van der Waals surface area (Å²) < 4.78 is 7.44. The van der Waals surface area contributed by atoms with Crippen LogP contribution in [0.2, 0.25) is 0 Å². The molecule has 0 aliphatic heterocycles. The van der Waals surface area contributed by atoms with E-state index in [9.17, 15) is 4.79 Å². The van der Waals surface area contributed by atoms with Gasteiger partial charge in [0.05, 0.1) is 18.4 Å². The van der Waals surface area contributed by atoms with Crippen molar-refractivity contribution in [2.24, 2.45) is 0 Å². The number of nitrogens with one attached hydrogen (secondary N) is 1. The van der Waals surface area contributed by atoms with Crippen molar-refractivity contribution in [1.82, 2.24) is 19.7 Å². The highest BCUT2D eigenvalue weighted by molar-refractivity contribution is 5.76. The van der Waals surface area contributed by atoms with Crippen LogP contribution in [0.1, 0.15) is 5.56 Å². The topological polar surface area (TPSA) is 76.0 Å². The quantitative estimate of drug-likeness (QED) is 0.561. The number of benzene rings is 2. The number of ether oxygens (including phenoxy) is 1. The van der Waals surface area contributed by atoms with E-state index < -0.39 is 0 Å². The van der Waals surface area contributed by atoms with Gasteiger partial charge in [0.1, 0.15) is 17.7 Å². The zero-order valence-corrected chi connectivity index (χ0v) is 15.8. The predicted molar refractivity (Wildman–Crippen MR) is 109 cm³/mol. The summed E-state index contributed by atoms with van der Waals surface area (Å²) in [6.45, 7) is 3.08. The molecular formula is C21H21N5O2. The van der Waals surface area contributed by atoms with Crippen molar-refractivity contribution in [3.63, 3.8) is 0 Å². The number of para-hydroxylation sites is 1. The summed E-state index contributed by atoms with van der Waals surface area (Å²) in [5.74, 6) is 1.29. The highest BCUT2D eigenvalue weighted by atomic mass is 16.5. The van der Waals surface area contributed by atoms with Crippen molar-refractivity contribution in [2.45, 2.75) is 6.92 Å². The van der Waals surface area contributed by atoms with E-state index in [-0.39, 0.29) is 5.56 Å². The van der Waals surface area contributed by atoms with Gasteiger partial charge in [-0.05, 0) is 31.2 Å². The summed E-state index contributed by atoms with van der Waals surface area (Å²) in [5.41, 5.74) is 2.35. The third-order valence-corrected chi connectivity index (χ3v) is 4.50. The summed E-state index contributed by atoms with van der Waals surface area (Å²) in [5, 5.41) is 4.78. The van der Waals surface area contributed by atoms with Crippen molar-refractivity contribution >= 4 is 17.0 Å². The standard InChI is InChI=1S/C21H21N5O2/c1-15-8-10-17(11-9-15)28-13-12-25(2)21-23-19-18(20(27)24-21)14-22-26(19)16-6-4-3-5-7-16/h3-11,14H,12-13H2,1-2H3,(H,23,24,27). The minimum Gasteiger partial charge on any atom is -0.492 e. The van der Waals surface area contributed by atoms with Gasteiger partial charge in [-0.1, -0.05) is 35.9 Å². The Balaban J connectivity index is 1.54. The fraction of sp³-hybridized carbons (Fsp3) is 0.190. The molecule has 7 nitrogen and oxygen atoms in total. The number of hydrogen-bond acceptors (Lipinski definition) is 5. The van der Waals surface area contributed by atoms with Gasteiger partial charge in [-0.3, -0.25) is 9.78 Å². The molecule has 0 saturated carbocycles. The first kappa shape index (κ1) is 17.8. The van der Waals surface area contributed by atoms with E-state index in [2.05, 4.69) is 15.1 Å². The molecule has 4 aromatic rings. The molecule has 2 aromatic heterocycles. The third kappa shape index (κ3) is 3.59. The second-order valence-electron chi connectivity index (χ2n) is 6.60. The fourth-order valence-electron chi connectivity index (χ4n) is 2.89. The Bertz CT molecular complexity index is 1130. The molecule has 0 atom stereocenters. The van der Waals surface area contributed by atoms with Crippen LogP contribution >= 0.6 is 0 Å². The van der Waals surface area contributed by atoms with Crippen LogP contribution in [0.3, 0.4) is 0 Å². The Labute approximate surface area is 162 Å². The van der Waals surface area contributed by atoms with Crippen LogP contribution in [0.4, 0.5) is 5.95 Å². The monoisotopic (exact) mass is 375 g/mol. The average Bonchev–Trinajstić information content (AvgIpc) is 3.15. The second kappa shape index (κ2) is 7.56. The number of aromatic nitrogens is 4. The normalized spacial score (nSPS) is 10.9. The lowest BCUT2D eigenvalue weighted by Gasteiger charge is -2.18. The van der Waals surface area contributed by atoms with Crippen LogP contribution in [0.15, 0.2) is 65.6 Å². The molecule has 7 heteroatoms. The van der Waals surface area contributed by atoms with Crippen molar-refractivity contribution in [3.05, 3.63) is 76.7 Å². The Morgan fingerprint density at radius 2 is 1.86 bits per heavy atom. The molecule has 0 spiro atoms. The number of aryl methyl sites for hydroxylation is 1. The molecule has 1 N–H and O–H groups in total. The van der Waals surface area contributed by atoms with E-state index in [4.69, 9.17) is 4.74 Å². The Morgan fingerprint density at radius 3 is 2.61 bits per heavy atom. The molecule has 142 valence electrons. The Hall–Kier alpha value is -3.61. The van der Waals surface area contributed by atoms with Crippen LogP contribution < -0.4 is 15.2 Å². The van der Waals surface area contributed by atoms with Gasteiger partial charge in [0, 0.05) is 7.05 Å². The molecule has 0 radical (unpaired) electrons. The van der Waals surface area contributed by atoms with Crippen LogP contribution in [0.25, 0.3) is 16.7 Å². The van der Waals surface area contributed by atoms with Crippen LogP contribution in [0, 0.1) is 6.92 Å². The zero-order valence-electron chi connectivity index (χ0n) is 15.8. The maximum absolute atomic E-state index is 12.5. The Morgan fingerprint density at radius 1 is 1.11 bits per heavy atom. The number of nitrogens with zero attached hydrogens (tertiary/aromatic N) is 4.